The molecule has 1 amide bonds. The fraction of sp³-hybridized carbons (Fsp3) is 0.267. The number of nitrogens with one attached hydrogen (secondary N) is 1. The van der Waals surface area contributed by atoms with Gasteiger partial charge in [-0.3, -0.25) is 4.79 Å². The smallest absolute Gasteiger partial charge is 0.287 e. The monoisotopic (exact) mass is 337 g/mol. The number of ether oxygens (including phenoxy) is 1. The number of amides is 1. The first kappa shape index (κ1) is 14.7. The molecule has 0 saturated carbocycles. The van der Waals surface area contributed by atoms with E-state index in [1.165, 1.54) is 0 Å². The van der Waals surface area contributed by atoms with Crippen molar-refractivity contribution in [2.24, 2.45) is 0 Å². The highest BCUT2D eigenvalue weighted by molar-refractivity contribution is 9.10. The predicted molar refractivity (Wildman–Crippen MR) is 79.8 cm³/mol. The van der Waals surface area contributed by atoms with E-state index in [1.807, 2.05) is 38.1 Å². The zero-order valence-electron chi connectivity index (χ0n) is 11.4. The molecule has 0 saturated heterocycles. The van der Waals surface area contributed by atoms with Crippen LogP contribution in [0.1, 0.15) is 30.2 Å². The SMILES string of the molecule is CC(C)NC(=O)c1ccc(COc2cccc(Br)c2)o1. The van der Waals surface area contributed by atoms with Crippen molar-refractivity contribution in [2.45, 2.75) is 26.5 Å². The molecule has 0 bridgehead atoms. The molecule has 0 aliphatic carbocycles. The number of hydrogen-bond donors (Lipinski definition) is 1. The lowest BCUT2D eigenvalue weighted by atomic mass is 10.3. The summed E-state index contributed by atoms with van der Waals surface area (Å²) in [7, 11) is 0. The number of furan rings is 1. The number of carbonyl (C=O) groups is 1. The second-order valence-corrected chi connectivity index (χ2v) is 5.56. The van der Waals surface area contributed by atoms with Gasteiger partial charge in [-0.15, -0.1) is 0 Å². The molecule has 106 valence electrons. The highest BCUT2D eigenvalue weighted by Gasteiger charge is 2.12. The van der Waals surface area contributed by atoms with Gasteiger partial charge in [0.1, 0.15) is 18.1 Å². The molecule has 1 aromatic carbocycles. The molecule has 0 aliphatic rings. The third-order valence-corrected chi connectivity index (χ3v) is 2.98. The Bertz CT molecular complexity index is 592. The van der Waals surface area contributed by atoms with Crippen molar-refractivity contribution in [2.75, 3.05) is 0 Å². The molecular weight excluding hydrogens is 322 g/mol. The average Bonchev–Trinajstić information content (AvgIpc) is 2.84. The van der Waals surface area contributed by atoms with Crippen molar-refractivity contribution in [3.05, 3.63) is 52.4 Å². The molecule has 1 aromatic heterocycles. The van der Waals surface area contributed by atoms with Crippen molar-refractivity contribution in [3.8, 4) is 5.75 Å². The summed E-state index contributed by atoms with van der Waals surface area (Å²) >= 11 is 3.38. The summed E-state index contributed by atoms with van der Waals surface area (Å²) in [6.45, 7) is 4.08. The Labute approximate surface area is 126 Å². The van der Waals surface area contributed by atoms with Gasteiger partial charge in [-0.1, -0.05) is 22.0 Å². The fourth-order valence-electron chi connectivity index (χ4n) is 1.62. The Balaban J connectivity index is 1.94. The van der Waals surface area contributed by atoms with Crippen LogP contribution in [0.25, 0.3) is 0 Å². The molecule has 2 aromatic rings. The van der Waals surface area contributed by atoms with Crippen LogP contribution in [0.15, 0.2) is 45.3 Å². The molecule has 0 fully saturated rings. The van der Waals surface area contributed by atoms with E-state index in [4.69, 9.17) is 9.15 Å². The maximum Gasteiger partial charge on any atom is 0.287 e. The minimum absolute atomic E-state index is 0.0777. The molecule has 1 N–H and O–H groups in total. The highest BCUT2D eigenvalue weighted by atomic mass is 79.9. The lowest BCUT2D eigenvalue weighted by Crippen LogP contribution is -2.29. The van der Waals surface area contributed by atoms with E-state index in [-0.39, 0.29) is 18.6 Å². The van der Waals surface area contributed by atoms with Crippen molar-refractivity contribution >= 4 is 21.8 Å². The summed E-state index contributed by atoms with van der Waals surface area (Å²) in [5, 5.41) is 2.77. The third-order valence-electron chi connectivity index (χ3n) is 2.48. The second-order valence-electron chi connectivity index (χ2n) is 4.64. The molecule has 4 nitrogen and oxygen atoms in total. The van der Waals surface area contributed by atoms with Gasteiger partial charge in [-0.2, -0.15) is 0 Å². The van der Waals surface area contributed by atoms with Crippen molar-refractivity contribution in [1.29, 1.82) is 0 Å². The third kappa shape index (κ3) is 4.13. The molecular formula is C15H16BrNO3. The quantitative estimate of drug-likeness (QED) is 0.903. The van der Waals surface area contributed by atoms with Crippen LogP contribution in [0.5, 0.6) is 5.75 Å². The summed E-state index contributed by atoms with van der Waals surface area (Å²) in [6, 6.07) is 11.0. The van der Waals surface area contributed by atoms with Gasteiger partial charge in [0.25, 0.3) is 5.91 Å². The van der Waals surface area contributed by atoms with E-state index in [0.717, 1.165) is 10.2 Å². The van der Waals surface area contributed by atoms with E-state index >= 15 is 0 Å². The Hall–Kier alpha value is -1.75. The molecule has 0 spiro atoms. The van der Waals surface area contributed by atoms with Gasteiger partial charge >= 0.3 is 0 Å². The molecule has 5 heteroatoms. The molecule has 2 rings (SSSR count). The van der Waals surface area contributed by atoms with Crippen LogP contribution < -0.4 is 10.1 Å². The first-order chi connectivity index (χ1) is 9.54. The van der Waals surface area contributed by atoms with Gasteiger partial charge < -0.3 is 14.5 Å². The fourth-order valence-corrected chi connectivity index (χ4v) is 2.00. The van der Waals surface area contributed by atoms with Crippen LogP contribution in [0.2, 0.25) is 0 Å². The summed E-state index contributed by atoms with van der Waals surface area (Å²) < 4.78 is 12.0. The van der Waals surface area contributed by atoms with Gasteiger partial charge in [0, 0.05) is 10.5 Å². The minimum Gasteiger partial charge on any atom is -0.486 e. The molecule has 1 heterocycles. The molecule has 0 radical (unpaired) electrons. The van der Waals surface area contributed by atoms with E-state index in [0.29, 0.717) is 11.5 Å². The Kier molecular flexibility index (Phi) is 4.84. The van der Waals surface area contributed by atoms with Crippen LogP contribution in [0.3, 0.4) is 0 Å². The van der Waals surface area contributed by atoms with Gasteiger partial charge in [0.05, 0.1) is 0 Å². The molecule has 0 aliphatic heterocycles. The normalized spacial score (nSPS) is 10.6. The molecule has 20 heavy (non-hydrogen) atoms. The second kappa shape index (κ2) is 6.61. The van der Waals surface area contributed by atoms with Crippen molar-refractivity contribution in [1.82, 2.24) is 5.32 Å². The van der Waals surface area contributed by atoms with Gasteiger partial charge in [-0.25, -0.2) is 0 Å². The molecule has 0 unspecified atom stereocenters. The summed E-state index contributed by atoms with van der Waals surface area (Å²) in [6.07, 6.45) is 0. The van der Waals surface area contributed by atoms with Gasteiger partial charge in [0.15, 0.2) is 5.76 Å². The van der Waals surface area contributed by atoms with Crippen LogP contribution in [-0.4, -0.2) is 11.9 Å². The summed E-state index contributed by atoms with van der Waals surface area (Å²) in [5.74, 6) is 1.43. The minimum atomic E-state index is -0.214. The number of halogens is 1. The largest absolute Gasteiger partial charge is 0.486 e. The number of carbonyl (C=O) groups excluding carboxylic acids is 1. The number of hydrogen-bond acceptors (Lipinski definition) is 3. The highest BCUT2D eigenvalue weighted by Crippen LogP contribution is 2.19. The zero-order valence-corrected chi connectivity index (χ0v) is 12.9. The van der Waals surface area contributed by atoms with Crippen LogP contribution in [0.4, 0.5) is 0 Å². The van der Waals surface area contributed by atoms with Gasteiger partial charge in [0.2, 0.25) is 0 Å². The predicted octanol–water partition coefficient (Wildman–Crippen LogP) is 3.76. The van der Waals surface area contributed by atoms with E-state index < -0.39 is 0 Å². The topological polar surface area (TPSA) is 51.5 Å². The Morgan fingerprint density at radius 2 is 2.15 bits per heavy atom. The standard InChI is InChI=1S/C15H16BrNO3/c1-10(2)17-15(18)14-7-6-13(20-14)9-19-12-5-3-4-11(16)8-12/h3-8,10H,9H2,1-2H3,(H,17,18). The zero-order chi connectivity index (χ0) is 14.5. The average molecular weight is 338 g/mol. The van der Waals surface area contributed by atoms with E-state index in [9.17, 15) is 4.79 Å². The number of benzene rings is 1. The van der Waals surface area contributed by atoms with Crippen LogP contribution in [0, 0.1) is 0 Å². The Morgan fingerprint density at radius 3 is 2.85 bits per heavy atom. The lowest BCUT2D eigenvalue weighted by molar-refractivity contribution is 0.0911. The maximum absolute atomic E-state index is 11.7. The Morgan fingerprint density at radius 1 is 1.35 bits per heavy atom. The van der Waals surface area contributed by atoms with Crippen LogP contribution >= 0.6 is 15.9 Å². The van der Waals surface area contributed by atoms with Crippen LogP contribution in [-0.2, 0) is 6.61 Å². The summed E-state index contributed by atoms with van der Waals surface area (Å²) in [5.41, 5.74) is 0. The first-order valence-electron chi connectivity index (χ1n) is 6.32. The van der Waals surface area contributed by atoms with E-state index in [1.54, 1.807) is 12.1 Å². The summed E-state index contributed by atoms with van der Waals surface area (Å²) in [4.78, 5) is 11.7. The first-order valence-corrected chi connectivity index (χ1v) is 7.12. The lowest BCUT2D eigenvalue weighted by Gasteiger charge is -2.06. The number of rotatable bonds is 5. The van der Waals surface area contributed by atoms with Crippen molar-refractivity contribution in [3.63, 3.8) is 0 Å². The molecule has 0 atom stereocenters. The van der Waals surface area contributed by atoms with Gasteiger partial charge in [-0.05, 0) is 44.2 Å². The van der Waals surface area contributed by atoms with Crippen molar-refractivity contribution < 1.29 is 13.9 Å². The maximum atomic E-state index is 11.7. The van der Waals surface area contributed by atoms with E-state index in [2.05, 4.69) is 21.2 Å².